The second-order valence-electron chi connectivity index (χ2n) is 11.9. The fraction of sp³-hybridized carbons (Fsp3) is 0.556. The molecule has 1 aromatic carbocycles. The smallest absolute Gasteiger partial charge is 0.256 e. The molecule has 1 aliphatic carbocycles. The van der Waals surface area contributed by atoms with Crippen LogP contribution in [0.4, 0.5) is 5.00 Å². The molecule has 10 heteroatoms. The Morgan fingerprint density at radius 1 is 1.16 bits per heavy atom. The quantitative estimate of drug-likeness (QED) is 0.569. The van der Waals surface area contributed by atoms with E-state index in [1.807, 2.05) is 0 Å². The number of rotatable bonds is 6. The summed E-state index contributed by atoms with van der Waals surface area (Å²) in [4.78, 5) is 28.8. The van der Waals surface area contributed by atoms with Crippen molar-refractivity contribution in [3.05, 3.63) is 45.8 Å². The van der Waals surface area contributed by atoms with Gasteiger partial charge in [0, 0.05) is 36.1 Å². The van der Waals surface area contributed by atoms with Crippen molar-refractivity contribution < 1.29 is 18.0 Å². The number of sulfonamides is 1. The van der Waals surface area contributed by atoms with Gasteiger partial charge < -0.3 is 11.1 Å². The molecule has 1 aromatic heterocycles. The molecule has 0 unspecified atom stereocenters. The zero-order valence-electron chi connectivity index (χ0n) is 22.0. The molecule has 3 N–H and O–H groups in total. The van der Waals surface area contributed by atoms with Crippen molar-refractivity contribution in [1.29, 1.82) is 0 Å². The third-order valence-electron chi connectivity index (χ3n) is 8.15. The molecule has 5 rings (SSSR count). The number of carbonyl (C=O) groups is 2. The normalized spacial score (nSPS) is 25.6. The maximum absolute atomic E-state index is 13.6. The minimum atomic E-state index is -3.67. The van der Waals surface area contributed by atoms with Gasteiger partial charge in [-0.3, -0.25) is 14.5 Å². The number of nitrogens with one attached hydrogen (secondary N) is 1. The number of nitrogens with zero attached hydrogens (tertiary/aromatic N) is 2. The molecule has 0 radical (unpaired) electrons. The van der Waals surface area contributed by atoms with Gasteiger partial charge in [-0.05, 0) is 72.9 Å². The van der Waals surface area contributed by atoms with Gasteiger partial charge in [-0.25, -0.2) is 8.42 Å². The van der Waals surface area contributed by atoms with Crippen LogP contribution in [0.1, 0.15) is 78.1 Å². The fourth-order valence-electron chi connectivity index (χ4n) is 6.85. The number of carbonyl (C=O) groups excluding carboxylic acids is 2. The highest BCUT2D eigenvalue weighted by Crippen LogP contribution is 2.53. The van der Waals surface area contributed by atoms with Gasteiger partial charge in [0.25, 0.3) is 11.8 Å². The lowest BCUT2D eigenvalue weighted by molar-refractivity contribution is 0.0999. The summed E-state index contributed by atoms with van der Waals surface area (Å²) >= 11 is 1.39. The van der Waals surface area contributed by atoms with Crippen LogP contribution in [-0.2, 0) is 23.0 Å². The molecule has 200 valence electrons. The van der Waals surface area contributed by atoms with Gasteiger partial charge in [0.1, 0.15) is 5.00 Å². The first kappa shape index (κ1) is 26.3. The predicted octanol–water partition coefficient (Wildman–Crippen LogP) is 4.07. The number of anilines is 1. The Hall–Kier alpha value is -2.27. The number of hydrogen-bond acceptors (Lipinski definition) is 6. The summed E-state index contributed by atoms with van der Waals surface area (Å²) in [5.41, 5.74) is 7.43. The van der Waals surface area contributed by atoms with Crippen LogP contribution in [0, 0.1) is 10.8 Å². The first-order valence-electron chi connectivity index (χ1n) is 12.9. The summed E-state index contributed by atoms with van der Waals surface area (Å²) in [6, 6.07) is 6.09. The number of nitrogens with two attached hydrogens (primary N) is 1. The topological polar surface area (TPSA) is 113 Å². The summed E-state index contributed by atoms with van der Waals surface area (Å²) in [5.74, 6) is -0.949. The van der Waals surface area contributed by atoms with Gasteiger partial charge >= 0.3 is 0 Å². The third kappa shape index (κ3) is 4.84. The number of thiophene rings is 1. The molecule has 3 heterocycles. The van der Waals surface area contributed by atoms with E-state index in [0.717, 1.165) is 49.3 Å². The van der Waals surface area contributed by atoms with E-state index in [0.29, 0.717) is 29.1 Å². The van der Waals surface area contributed by atoms with E-state index in [-0.39, 0.29) is 21.8 Å². The first-order chi connectivity index (χ1) is 17.3. The second kappa shape index (κ2) is 9.18. The van der Waals surface area contributed by atoms with Crippen molar-refractivity contribution in [2.24, 2.45) is 16.6 Å². The Kier molecular flexibility index (Phi) is 6.54. The van der Waals surface area contributed by atoms with Gasteiger partial charge in [-0.1, -0.05) is 27.7 Å². The van der Waals surface area contributed by atoms with Gasteiger partial charge in [-0.2, -0.15) is 4.31 Å². The first-order valence-corrected chi connectivity index (χ1v) is 15.2. The summed E-state index contributed by atoms with van der Waals surface area (Å²) in [7, 11) is -3.67. The van der Waals surface area contributed by atoms with Crippen molar-refractivity contribution >= 4 is 38.2 Å². The number of likely N-dealkylation sites (N-methyl/N-ethyl adjacent to an activating group) is 1. The number of hydrogen-bond donors (Lipinski definition) is 2. The van der Waals surface area contributed by atoms with E-state index in [1.165, 1.54) is 35.6 Å². The van der Waals surface area contributed by atoms with Crippen molar-refractivity contribution in [3.63, 3.8) is 0 Å². The van der Waals surface area contributed by atoms with Crippen LogP contribution in [0.5, 0.6) is 0 Å². The molecule has 2 bridgehead atoms. The van der Waals surface area contributed by atoms with Gasteiger partial charge in [-0.15, -0.1) is 11.3 Å². The molecule has 1 saturated heterocycles. The monoisotopic (exact) mass is 544 g/mol. The summed E-state index contributed by atoms with van der Waals surface area (Å²) in [5, 5.41) is 3.31. The Bertz CT molecular complexity index is 1350. The lowest BCUT2D eigenvalue weighted by Crippen LogP contribution is -2.37. The van der Waals surface area contributed by atoms with Crippen LogP contribution < -0.4 is 11.1 Å². The standard InChI is InChI=1S/C27H36N4O4S2/c1-5-30-11-10-20-21(14-30)36-25(22(20)23(28)32)29-24(33)17-6-8-19(9-7-17)37(34,35)31-16-27(4)13-18(31)12-26(2,3)15-27/h6-9,18H,5,10-16H2,1-4H3,(H2,28,32)(H,29,33)/t18-,27+/m1/s1. The van der Waals surface area contributed by atoms with Gasteiger partial charge in [0.2, 0.25) is 10.0 Å². The van der Waals surface area contributed by atoms with Crippen molar-refractivity contribution in [3.8, 4) is 0 Å². The van der Waals surface area contributed by atoms with Gasteiger partial charge in [0.05, 0.1) is 10.5 Å². The van der Waals surface area contributed by atoms with E-state index < -0.39 is 21.8 Å². The molecule has 37 heavy (non-hydrogen) atoms. The maximum Gasteiger partial charge on any atom is 0.256 e. The van der Waals surface area contributed by atoms with E-state index in [1.54, 1.807) is 4.31 Å². The number of primary amides is 1. The average Bonchev–Trinajstić information content (AvgIpc) is 3.31. The Balaban J connectivity index is 1.35. The molecule has 2 amide bonds. The molecular weight excluding hydrogens is 508 g/mol. The van der Waals surface area contributed by atoms with E-state index >= 15 is 0 Å². The molecule has 8 nitrogen and oxygen atoms in total. The molecule has 2 fully saturated rings. The van der Waals surface area contributed by atoms with E-state index in [2.05, 4.69) is 37.9 Å². The minimum Gasteiger partial charge on any atom is -0.365 e. The second-order valence-corrected chi connectivity index (χ2v) is 14.9. The lowest BCUT2D eigenvalue weighted by Gasteiger charge is -2.39. The van der Waals surface area contributed by atoms with Crippen molar-refractivity contribution in [2.45, 2.75) is 70.9 Å². The molecule has 0 spiro atoms. The average molecular weight is 545 g/mol. The Morgan fingerprint density at radius 3 is 2.51 bits per heavy atom. The van der Waals surface area contributed by atoms with Crippen LogP contribution in [0.25, 0.3) is 0 Å². The van der Waals surface area contributed by atoms with Crippen LogP contribution in [0.3, 0.4) is 0 Å². The third-order valence-corrected chi connectivity index (χ3v) is 11.2. The number of benzene rings is 1. The van der Waals surface area contributed by atoms with Crippen LogP contribution in [-0.4, -0.2) is 55.1 Å². The minimum absolute atomic E-state index is 0.00226. The summed E-state index contributed by atoms with van der Waals surface area (Å²) in [6.45, 7) is 11.7. The molecule has 2 aromatic rings. The highest BCUT2D eigenvalue weighted by molar-refractivity contribution is 7.89. The predicted molar refractivity (Wildman–Crippen MR) is 145 cm³/mol. The highest BCUT2D eigenvalue weighted by Gasteiger charge is 2.53. The largest absolute Gasteiger partial charge is 0.365 e. The number of fused-ring (bicyclic) bond motifs is 3. The Morgan fingerprint density at radius 2 is 1.86 bits per heavy atom. The maximum atomic E-state index is 13.6. The van der Waals surface area contributed by atoms with Gasteiger partial charge in [0.15, 0.2) is 0 Å². The van der Waals surface area contributed by atoms with Crippen LogP contribution in [0.15, 0.2) is 29.2 Å². The summed E-state index contributed by atoms with van der Waals surface area (Å²) < 4.78 is 28.8. The summed E-state index contributed by atoms with van der Waals surface area (Å²) in [6.07, 6.45) is 3.47. The zero-order valence-corrected chi connectivity index (χ0v) is 23.6. The van der Waals surface area contributed by atoms with Crippen molar-refractivity contribution in [1.82, 2.24) is 9.21 Å². The van der Waals surface area contributed by atoms with Crippen LogP contribution in [0.2, 0.25) is 0 Å². The molecule has 3 aliphatic rings. The molecule has 2 atom stereocenters. The van der Waals surface area contributed by atoms with Crippen LogP contribution >= 0.6 is 11.3 Å². The van der Waals surface area contributed by atoms with E-state index in [4.69, 9.17) is 5.73 Å². The molecule has 1 saturated carbocycles. The van der Waals surface area contributed by atoms with E-state index in [9.17, 15) is 18.0 Å². The highest BCUT2D eigenvalue weighted by atomic mass is 32.2. The molecular formula is C27H36N4O4S2. The number of amides is 2. The SMILES string of the molecule is CCN1CCc2c(sc(NC(=O)c3ccc(S(=O)(=O)N4C[C@@]5(C)C[C@H]4CC(C)(C)C5)cc3)c2C(N)=O)C1. The molecule has 2 aliphatic heterocycles. The lowest BCUT2D eigenvalue weighted by atomic mass is 9.65. The zero-order chi connectivity index (χ0) is 26.8. The van der Waals surface area contributed by atoms with Crippen molar-refractivity contribution in [2.75, 3.05) is 25.0 Å². The Labute approximate surface area is 223 Å². The fourth-order valence-corrected chi connectivity index (χ4v) is 9.92.